The Morgan fingerprint density at radius 3 is 2.45 bits per heavy atom. The highest BCUT2D eigenvalue weighted by molar-refractivity contribution is 7.91. The van der Waals surface area contributed by atoms with Gasteiger partial charge in [-0.25, -0.2) is 13.4 Å². The fraction of sp³-hybridized carbons (Fsp3) is 0.667. The average molecular weight is 334 g/mol. The molecule has 0 aliphatic heterocycles. The molecule has 0 atom stereocenters. The topological polar surface area (TPSA) is 85.1 Å². The van der Waals surface area contributed by atoms with E-state index in [0.29, 0.717) is 12.8 Å². The SMILES string of the molecule is Cc1ncc(S(=O)(=O)NC2(C(N)=S)CCCCCC2)s1. The minimum absolute atomic E-state index is 0.217. The zero-order chi connectivity index (χ0) is 14.8. The van der Waals surface area contributed by atoms with E-state index in [1.54, 1.807) is 6.92 Å². The molecule has 3 N–H and O–H groups in total. The number of nitrogens with one attached hydrogen (secondary N) is 1. The summed E-state index contributed by atoms with van der Waals surface area (Å²) in [5.74, 6) is 0. The maximum absolute atomic E-state index is 12.5. The van der Waals surface area contributed by atoms with E-state index < -0.39 is 15.6 Å². The quantitative estimate of drug-likeness (QED) is 0.651. The van der Waals surface area contributed by atoms with Gasteiger partial charge in [-0.2, -0.15) is 4.72 Å². The molecule has 2 rings (SSSR count). The summed E-state index contributed by atoms with van der Waals surface area (Å²) >= 11 is 6.30. The van der Waals surface area contributed by atoms with Crippen molar-refractivity contribution in [1.29, 1.82) is 0 Å². The largest absolute Gasteiger partial charge is 0.392 e. The van der Waals surface area contributed by atoms with Crippen molar-refractivity contribution in [3.63, 3.8) is 0 Å². The van der Waals surface area contributed by atoms with Gasteiger partial charge in [0.05, 0.1) is 21.7 Å². The lowest BCUT2D eigenvalue weighted by Crippen LogP contribution is -2.56. The average Bonchev–Trinajstić information content (AvgIpc) is 2.67. The van der Waals surface area contributed by atoms with Crippen LogP contribution in [-0.2, 0) is 10.0 Å². The number of rotatable bonds is 4. The highest BCUT2D eigenvalue weighted by Crippen LogP contribution is 2.30. The lowest BCUT2D eigenvalue weighted by atomic mass is 9.91. The first-order valence-corrected chi connectivity index (χ1v) is 9.33. The molecule has 1 aromatic heterocycles. The Morgan fingerprint density at radius 2 is 2.00 bits per heavy atom. The molecule has 0 bridgehead atoms. The van der Waals surface area contributed by atoms with E-state index in [1.807, 2.05) is 0 Å². The molecule has 1 heterocycles. The molecule has 1 aliphatic carbocycles. The van der Waals surface area contributed by atoms with Crippen molar-refractivity contribution in [2.75, 3.05) is 0 Å². The summed E-state index contributed by atoms with van der Waals surface area (Å²) in [4.78, 5) is 4.24. The number of nitrogens with two attached hydrogens (primary N) is 1. The number of hydrogen-bond donors (Lipinski definition) is 2. The summed E-state index contributed by atoms with van der Waals surface area (Å²) < 4.78 is 27.9. The van der Waals surface area contributed by atoms with Crippen LogP contribution in [0.3, 0.4) is 0 Å². The summed E-state index contributed by atoms with van der Waals surface area (Å²) in [5, 5.41) is 0.718. The molecule has 0 radical (unpaired) electrons. The first-order valence-electron chi connectivity index (χ1n) is 6.62. The van der Waals surface area contributed by atoms with Gasteiger partial charge in [-0.3, -0.25) is 0 Å². The smallest absolute Gasteiger partial charge is 0.252 e. The van der Waals surface area contributed by atoms with E-state index in [9.17, 15) is 8.42 Å². The van der Waals surface area contributed by atoms with Crippen molar-refractivity contribution in [2.24, 2.45) is 5.73 Å². The summed E-state index contributed by atoms with van der Waals surface area (Å²) in [6.07, 6.45) is 6.76. The number of aryl methyl sites for hydroxylation is 1. The van der Waals surface area contributed by atoms with Crippen LogP contribution in [0.1, 0.15) is 43.5 Å². The Balaban J connectivity index is 2.30. The van der Waals surface area contributed by atoms with E-state index in [-0.39, 0.29) is 9.20 Å². The van der Waals surface area contributed by atoms with Gasteiger partial charge < -0.3 is 5.73 Å². The monoisotopic (exact) mass is 333 g/mol. The highest BCUT2D eigenvalue weighted by Gasteiger charge is 2.38. The van der Waals surface area contributed by atoms with Crippen molar-refractivity contribution in [1.82, 2.24) is 9.71 Å². The van der Waals surface area contributed by atoms with E-state index in [1.165, 1.54) is 6.20 Å². The predicted molar refractivity (Wildman–Crippen MR) is 84.4 cm³/mol. The maximum atomic E-state index is 12.5. The normalized spacial score (nSPS) is 19.4. The number of sulfonamides is 1. The molecule has 112 valence electrons. The van der Waals surface area contributed by atoms with Crippen molar-refractivity contribution < 1.29 is 8.42 Å². The highest BCUT2D eigenvalue weighted by atomic mass is 32.2. The number of aromatic nitrogens is 1. The summed E-state index contributed by atoms with van der Waals surface area (Å²) in [6, 6.07) is 0. The molecular weight excluding hydrogens is 314 g/mol. The Labute approximate surface area is 129 Å². The van der Waals surface area contributed by atoms with Crippen LogP contribution >= 0.6 is 23.6 Å². The second kappa shape index (κ2) is 6.05. The van der Waals surface area contributed by atoms with Crippen molar-refractivity contribution in [2.45, 2.75) is 55.2 Å². The molecule has 20 heavy (non-hydrogen) atoms. The van der Waals surface area contributed by atoms with Gasteiger partial charge in [0.1, 0.15) is 0 Å². The second-order valence-electron chi connectivity index (χ2n) is 5.16. The van der Waals surface area contributed by atoms with Crippen LogP contribution in [0, 0.1) is 6.92 Å². The third-order valence-corrected chi connectivity index (χ3v) is 6.92. The van der Waals surface area contributed by atoms with Gasteiger partial charge in [-0.15, -0.1) is 11.3 Å². The van der Waals surface area contributed by atoms with Crippen LogP contribution in [0.4, 0.5) is 0 Å². The predicted octanol–water partition coefficient (Wildman–Crippen LogP) is 2.11. The van der Waals surface area contributed by atoms with Crippen molar-refractivity contribution in [3.05, 3.63) is 11.2 Å². The fourth-order valence-corrected chi connectivity index (χ4v) is 5.37. The molecule has 0 saturated heterocycles. The molecule has 1 aliphatic rings. The van der Waals surface area contributed by atoms with Crippen LogP contribution in [0.5, 0.6) is 0 Å². The van der Waals surface area contributed by atoms with E-state index in [2.05, 4.69) is 9.71 Å². The summed E-state index contributed by atoms with van der Waals surface area (Å²) in [6.45, 7) is 1.78. The van der Waals surface area contributed by atoms with Crippen LogP contribution in [0.15, 0.2) is 10.4 Å². The van der Waals surface area contributed by atoms with Gasteiger partial charge in [-0.05, 0) is 19.8 Å². The standard InChI is InChI=1S/C12H19N3O2S3/c1-9-14-8-10(19-9)20(16,17)15-12(11(13)18)6-4-2-3-5-7-12/h8,15H,2-7H2,1H3,(H2,13,18). The molecule has 8 heteroatoms. The minimum atomic E-state index is -3.62. The van der Waals surface area contributed by atoms with Gasteiger partial charge in [0.25, 0.3) is 10.0 Å². The first kappa shape index (κ1) is 15.8. The molecule has 0 aromatic carbocycles. The Bertz CT molecular complexity index is 587. The number of thiazole rings is 1. The van der Waals surface area contributed by atoms with Crippen molar-refractivity contribution in [3.8, 4) is 0 Å². The van der Waals surface area contributed by atoms with Gasteiger partial charge in [-0.1, -0.05) is 37.9 Å². The van der Waals surface area contributed by atoms with Gasteiger partial charge in [0, 0.05) is 0 Å². The van der Waals surface area contributed by atoms with E-state index >= 15 is 0 Å². The van der Waals surface area contributed by atoms with Crippen LogP contribution in [0.2, 0.25) is 0 Å². The van der Waals surface area contributed by atoms with Crippen LogP contribution in [-0.4, -0.2) is 23.9 Å². The molecular formula is C12H19N3O2S3. The Morgan fingerprint density at radius 1 is 1.40 bits per heavy atom. The second-order valence-corrected chi connectivity index (χ2v) is 8.75. The lowest BCUT2D eigenvalue weighted by molar-refractivity contribution is 0.441. The zero-order valence-electron chi connectivity index (χ0n) is 11.4. The van der Waals surface area contributed by atoms with Gasteiger partial charge in [0.2, 0.25) is 0 Å². The Hall–Kier alpha value is -0.570. The van der Waals surface area contributed by atoms with Crippen LogP contribution < -0.4 is 10.5 Å². The molecule has 5 nitrogen and oxygen atoms in total. The van der Waals surface area contributed by atoms with Crippen molar-refractivity contribution >= 4 is 38.6 Å². The molecule has 1 fully saturated rings. The fourth-order valence-electron chi connectivity index (χ4n) is 2.50. The molecule has 0 amide bonds. The van der Waals surface area contributed by atoms with Gasteiger partial charge in [0.15, 0.2) is 4.21 Å². The Kier molecular flexibility index (Phi) is 4.78. The third kappa shape index (κ3) is 3.36. The van der Waals surface area contributed by atoms with Crippen LogP contribution in [0.25, 0.3) is 0 Å². The molecule has 0 spiro atoms. The molecule has 0 unspecified atom stereocenters. The summed E-state index contributed by atoms with van der Waals surface area (Å²) in [7, 11) is -3.62. The van der Waals surface area contributed by atoms with E-state index in [0.717, 1.165) is 42.0 Å². The third-order valence-electron chi connectivity index (χ3n) is 3.62. The number of thiocarbonyl (C=S) groups is 1. The number of hydrogen-bond acceptors (Lipinski definition) is 5. The zero-order valence-corrected chi connectivity index (χ0v) is 13.8. The van der Waals surface area contributed by atoms with Gasteiger partial charge >= 0.3 is 0 Å². The molecule has 1 saturated carbocycles. The van der Waals surface area contributed by atoms with E-state index in [4.69, 9.17) is 18.0 Å². The minimum Gasteiger partial charge on any atom is -0.392 e. The number of nitrogens with zero attached hydrogens (tertiary/aromatic N) is 1. The lowest BCUT2D eigenvalue weighted by Gasteiger charge is -2.32. The first-order chi connectivity index (χ1) is 9.36. The molecule has 1 aromatic rings. The summed E-state index contributed by atoms with van der Waals surface area (Å²) in [5.41, 5.74) is 5.07. The maximum Gasteiger partial charge on any atom is 0.252 e.